The molecule has 136 valence electrons. The number of piperidine rings is 1. The fourth-order valence-electron chi connectivity index (χ4n) is 2.85. The van der Waals surface area contributed by atoms with Crippen molar-refractivity contribution in [2.45, 2.75) is 37.8 Å². The molecule has 0 bridgehead atoms. The van der Waals surface area contributed by atoms with Crippen LogP contribution >= 0.6 is 11.3 Å². The van der Waals surface area contributed by atoms with Crippen LogP contribution in [0.1, 0.15) is 29.0 Å². The number of sulfonamides is 1. The lowest BCUT2D eigenvalue weighted by Gasteiger charge is -2.30. The molecule has 3 heterocycles. The SMILES string of the molecule is Cc1ccc(S(=O)(=O)N2CCC(COc3ncnc(C)c3C)CC2)s1. The number of ether oxygens (including phenoxy) is 1. The zero-order chi connectivity index (χ0) is 18.0. The van der Waals surface area contributed by atoms with Crippen molar-refractivity contribution in [1.82, 2.24) is 14.3 Å². The Morgan fingerprint density at radius 2 is 1.92 bits per heavy atom. The largest absolute Gasteiger partial charge is 0.477 e. The summed E-state index contributed by atoms with van der Waals surface area (Å²) in [6.07, 6.45) is 3.11. The van der Waals surface area contributed by atoms with Gasteiger partial charge < -0.3 is 4.74 Å². The van der Waals surface area contributed by atoms with Crippen molar-refractivity contribution in [3.63, 3.8) is 0 Å². The van der Waals surface area contributed by atoms with Crippen LogP contribution in [0.2, 0.25) is 0 Å². The van der Waals surface area contributed by atoms with E-state index in [1.807, 2.05) is 26.8 Å². The zero-order valence-electron chi connectivity index (χ0n) is 14.7. The average Bonchev–Trinajstić information content (AvgIpc) is 3.04. The molecule has 25 heavy (non-hydrogen) atoms. The second-order valence-corrected chi connectivity index (χ2v) is 9.87. The first-order valence-corrected chi connectivity index (χ1v) is 10.6. The highest BCUT2D eigenvalue weighted by atomic mass is 32.2. The van der Waals surface area contributed by atoms with Gasteiger partial charge in [0.2, 0.25) is 5.88 Å². The molecule has 0 saturated carbocycles. The molecular weight excluding hydrogens is 358 g/mol. The predicted molar refractivity (Wildman–Crippen MR) is 97.5 cm³/mol. The molecule has 0 aliphatic carbocycles. The van der Waals surface area contributed by atoms with Crippen molar-refractivity contribution < 1.29 is 13.2 Å². The van der Waals surface area contributed by atoms with E-state index in [1.165, 1.54) is 17.7 Å². The van der Waals surface area contributed by atoms with Crippen LogP contribution in [0.15, 0.2) is 22.7 Å². The number of thiophene rings is 1. The van der Waals surface area contributed by atoms with Gasteiger partial charge in [0.05, 0.1) is 6.61 Å². The molecule has 0 atom stereocenters. The number of rotatable bonds is 5. The molecule has 2 aromatic heterocycles. The standard InChI is InChI=1S/C17H23N3O3S2/c1-12-4-5-16(24-12)25(21,22)20-8-6-15(7-9-20)10-23-17-13(2)14(3)18-11-19-17/h4-5,11,15H,6-10H2,1-3H3. The summed E-state index contributed by atoms with van der Waals surface area (Å²) < 4.78 is 33.2. The predicted octanol–water partition coefficient (Wildman–Crippen LogP) is 2.94. The van der Waals surface area contributed by atoms with Gasteiger partial charge >= 0.3 is 0 Å². The lowest BCUT2D eigenvalue weighted by atomic mass is 9.99. The van der Waals surface area contributed by atoms with E-state index in [0.717, 1.165) is 29.0 Å². The highest BCUT2D eigenvalue weighted by molar-refractivity contribution is 7.91. The Morgan fingerprint density at radius 1 is 1.20 bits per heavy atom. The maximum Gasteiger partial charge on any atom is 0.252 e. The van der Waals surface area contributed by atoms with Crippen LogP contribution in [0, 0.1) is 26.7 Å². The van der Waals surface area contributed by atoms with Crippen molar-refractivity contribution in [3.8, 4) is 5.88 Å². The number of aromatic nitrogens is 2. The van der Waals surface area contributed by atoms with Crippen LogP contribution < -0.4 is 4.74 Å². The Morgan fingerprint density at radius 3 is 2.56 bits per heavy atom. The molecule has 3 rings (SSSR count). The summed E-state index contributed by atoms with van der Waals surface area (Å²) in [5.41, 5.74) is 1.87. The van der Waals surface area contributed by atoms with Crippen molar-refractivity contribution in [3.05, 3.63) is 34.6 Å². The first-order valence-electron chi connectivity index (χ1n) is 8.35. The summed E-state index contributed by atoms with van der Waals surface area (Å²) in [5.74, 6) is 0.961. The van der Waals surface area contributed by atoms with E-state index in [9.17, 15) is 8.42 Å². The summed E-state index contributed by atoms with van der Waals surface area (Å²) in [7, 11) is -3.35. The lowest BCUT2D eigenvalue weighted by Crippen LogP contribution is -2.39. The van der Waals surface area contributed by atoms with E-state index in [4.69, 9.17) is 4.74 Å². The number of hydrogen-bond donors (Lipinski definition) is 0. The zero-order valence-corrected chi connectivity index (χ0v) is 16.4. The van der Waals surface area contributed by atoms with Crippen molar-refractivity contribution in [1.29, 1.82) is 0 Å². The number of nitrogens with zero attached hydrogens (tertiary/aromatic N) is 3. The normalized spacial score (nSPS) is 16.9. The molecule has 0 spiro atoms. The highest BCUT2D eigenvalue weighted by Crippen LogP contribution is 2.28. The van der Waals surface area contributed by atoms with Crippen LogP contribution in [-0.4, -0.2) is 42.4 Å². The van der Waals surface area contributed by atoms with Crippen molar-refractivity contribution in [2.75, 3.05) is 19.7 Å². The fraction of sp³-hybridized carbons (Fsp3) is 0.529. The van der Waals surface area contributed by atoms with Crippen LogP contribution in [0.4, 0.5) is 0 Å². The molecule has 0 unspecified atom stereocenters. The highest BCUT2D eigenvalue weighted by Gasteiger charge is 2.30. The van der Waals surface area contributed by atoms with Gasteiger partial charge in [-0.05, 0) is 51.7 Å². The van der Waals surface area contributed by atoms with E-state index >= 15 is 0 Å². The molecule has 0 amide bonds. The molecule has 1 fully saturated rings. The smallest absolute Gasteiger partial charge is 0.252 e. The third kappa shape index (κ3) is 4.02. The Bertz CT molecular complexity index is 841. The quantitative estimate of drug-likeness (QED) is 0.796. The molecule has 6 nitrogen and oxygen atoms in total. The second-order valence-electron chi connectivity index (χ2n) is 6.41. The molecule has 8 heteroatoms. The third-order valence-electron chi connectivity index (χ3n) is 4.63. The topological polar surface area (TPSA) is 72.4 Å². The maximum absolute atomic E-state index is 12.7. The Labute approximate surface area is 152 Å². The monoisotopic (exact) mass is 381 g/mol. The van der Waals surface area contributed by atoms with Gasteiger partial charge in [-0.3, -0.25) is 0 Å². The van der Waals surface area contributed by atoms with Gasteiger partial charge in [-0.25, -0.2) is 18.4 Å². The first kappa shape index (κ1) is 18.3. The average molecular weight is 382 g/mol. The Kier molecular flexibility index (Phi) is 5.41. The maximum atomic E-state index is 12.7. The van der Waals surface area contributed by atoms with Gasteiger partial charge in [-0.15, -0.1) is 11.3 Å². The summed E-state index contributed by atoms with van der Waals surface area (Å²) in [6.45, 7) is 7.43. The van der Waals surface area contributed by atoms with Crippen molar-refractivity contribution in [2.24, 2.45) is 5.92 Å². The second kappa shape index (κ2) is 7.39. The molecule has 1 saturated heterocycles. The molecule has 0 N–H and O–H groups in total. The number of hydrogen-bond acceptors (Lipinski definition) is 6. The van der Waals surface area contributed by atoms with E-state index in [-0.39, 0.29) is 0 Å². The minimum Gasteiger partial charge on any atom is -0.477 e. The summed E-state index contributed by atoms with van der Waals surface area (Å²) in [6, 6.07) is 3.55. The van der Waals surface area contributed by atoms with Gasteiger partial charge in [0.25, 0.3) is 10.0 Å². The number of aryl methyl sites for hydroxylation is 2. The minimum absolute atomic E-state index is 0.339. The first-order chi connectivity index (χ1) is 11.9. The molecule has 0 radical (unpaired) electrons. The van der Waals surface area contributed by atoms with Gasteiger partial charge in [-0.1, -0.05) is 0 Å². The van der Waals surface area contributed by atoms with Gasteiger partial charge in [0, 0.05) is 29.2 Å². The summed E-state index contributed by atoms with van der Waals surface area (Å²) in [4.78, 5) is 9.33. The lowest BCUT2D eigenvalue weighted by molar-refractivity contribution is 0.180. The van der Waals surface area contributed by atoms with E-state index in [0.29, 0.717) is 35.7 Å². The Balaban J connectivity index is 1.56. The van der Waals surface area contributed by atoms with E-state index in [2.05, 4.69) is 9.97 Å². The molecule has 1 aliphatic heterocycles. The van der Waals surface area contributed by atoms with E-state index in [1.54, 1.807) is 10.4 Å². The molecule has 1 aliphatic rings. The van der Waals surface area contributed by atoms with Gasteiger partial charge in [-0.2, -0.15) is 4.31 Å². The van der Waals surface area contributed by atoms with Crippen LogP contribution in [0.5, 0.6) is 5.88 Å². The van der Waals surface area contributed by atoms with Crippen LogP contribution in [-0.2, 0) is 10.0 Å². The summed E-state index contributed by atoms with van der Waals surface area (Å²) >= 11 is 1.33. The minimum atomic E-state index is -3.35. The van der Waals surface area contributed by atoms with E-state index < -0.39 is 10.0 Å². The molecule has 0 aromatic carbocycles. The summed E-state index contributed by atoms with van der Waals surface area (Å²) in [5, 5.41) is 0. The van der Waals surface area contributed by atoms with Gasteiger partial charge in [0.1, 0.15) is 10.5 Å². The third-order valence-corrected chi connectivity index (χ3v) is 8.00. The van der Waals surface area contributed by atoms with Crippen molar-refractivity contribution >= 4 is 21.4 Å². The van der Waals surface area contributed by atoms with Crippen LogP contribution in [0.3, 0.4) is 0 Å². The van der Waals surface area contributed by atoms with Crippen LogP contribution in [0.25, 0.3) is 0 Å². The fourth-order valence-corrected chi connectivity index (χ4v) is 5.76. The van der Waals surface area contributed by atoms with Gasteiger partial charge in [0.15, 0.2) is 0 Å². The molecular formula is C17H23N3O3S2. The Hall–Kier alpha value is -1.51. The molecule has 2 aromatic rings.